The van der Waals surface area contributed by atoms with Crippen LogP contribution in [0.1, 0.15) is 18.1 Å². The van der Waals surface area contributed by atoms with Crippen LogP contribution in [0.25, 0.3) is 0 Å². The first-order valence-electron chi connectivity index (χ1n) is 8.44. The minimum absolute atomic E-state index is 0.0809. The monoisotopic (exact) mass is 394 g/mol. The number of benzene rings is 2. The molecule has 142 valence electrons. The largest absolute Gasteiger partial charge is 0.457 e. The molecular formula is C19H26N2O3S2. The van der Waals surface area contributed by atoms with Gasteiger partial charge in [0.15, 0.2) is 0 Å². The van der Waals surface area contributed by atoms with Gasteiger partial charge in [0.1, 0.15) is 11.5 Å². The fraction of sp³-hybridized carbons (Fsp3) is 0.368. The highest BCUT2D eigenvalue weighted by molar-refractivity contribution is 7.99. The third kappa shape index (κ3) is 6.99. The van der Waals surface area contributed by atoms with Crippen molar-refractivity contribution in [2.45, 2.75) is 24.8 Å². The molecule has 0 bridgehead atoms. The molecule has 0 aromatic heterocycles. The molecule has 26 heavy (non-hydrogen) atoms. The lowest BCUT2D eigenvalue weighted by Crippen LogP contribution is -2.18. The van der Waals surface area contributed by atoms with Gasteiger partial charge in [0.2, 0.25) is 10.0 Å². The summed E-state index contributed by atoms with van der Waals surface area (Å²) in [6.45, 7) is 2.85. The fourth-order valence-corrected chi connectivity index (χ4v) is 3.66. The Kier molecular flexibility index (Phi) is 7.52. The molecule has 0 saturated carbocycles. The highest BCUT2D eigenvalue weighted by Crippen LogP contribution is 2.29. The fourth-order valence-electron chi connectivity index (χ4n) is 2.48. The molecule has 7 heteroatoms. The summed E-state index contributed by atoms with van der Waals surface area (Å²) in [6.07, 6.45) is 0.365. The quantitative estimate of drug-likeness (QED) is 0.659. The van der Waals surface area contributed by atoms with E-state index in [4.69, 9.17) is 9.88 Å². The Labute approximate surface area is 160 Å². The van der Waals surface area contributed by atoms with E-state index >= 15 is 0 Å². The molecule has 0 aliphatic heterocycles. The molecule has 0 aliphatic carbocycles. The van der Waals surface area contributed by atoms with Gasteiger partial charge in [-0.15, -0.1) is 11.8 Å². The van der Waals surface area contributed by atoms with Crippen LogP contribution in [0.2, 0.25) is 0 Å². The molecule has 0 unspecified atom stereocenters. The summed E-state index contributed by atoms with van der Waals surface area (Å²) in [6, 6.07) is 13.8. The number of ether oxygens (including phenoxy) is 1. The lowest BCUT2D eigenvalue weighted by molar-refractivity contribution is 0.388. The second kappa shape index (κ2) is 9.41. The average Bonchev–Trinajstić information content (AvgIpc) is 2.56. The van der Waals surface area contributed by atoms with Gasteiger partial charge >= 0.3 is 0 Å². The number of thioether (sulfide) groups is 1. The molecule has 2 N–H and O–H groups in total. The van der Waals surface area contributed by atoms with Crippen LogP contribution in [-0.4, -0.2) is 38.9 Å². The molecule has 2 rings (SSSR count). The molecule has 5 nitrogen and oxygen atoms in total. The van der Waals surface area contributed by atoms with Crippen LogP contribution >= 0.6 is 11.8 Å². The molecule has 2 aromatic rings. The SMILES string of the molecule is CCSc1ccc(Oc2cc(CCS(N)(=O)=O)ccc2CN(C)C)cc1. The van der Waals surface area contributed by atoms with Crippen molar-refractivity contribution in [1.82, 2.24) is 4.90 Å². The summed E-state index contributed by atoms with van der Waals surface area (Å²) in [5, 5.41) is 5.11. The minimum Gasteiger partial charge on any atom is -0.457 e. The number of aryl methyl sites for hydroxylation is 1. The Morgan fingerprint density at radius 2 is 1.81 bits per heavy atom. The number of primary sulfonamides is 1. The van der Waals surface area contributed by atoms with Crippen molar-refractivity contribution in [2.24, 2.45) is 5.14 Å². The van der Waals surface area contributed by atoms with Gasteiger partial charge in [0, 0.05) is 17.0 Å². The topological polar surface area (TPSA) is 72.6 Å². The number of hydrogen-bond acceptors (Lipinski definition) is 5. The molecule has 0 saturated heterocycles. The third-order valence-corrected chi connectivity index (χ3v) is 5.32. The van der Waals surface area contributed by atoms with Gasteiger partial charge in [-0.25, -0.2) is 13.6 Å². The van der Waals surface area contributed by atoms with Gasteiger partial charge in [0.25, 0.3) is 0 Å². The second-order valence-electron chi connectivity index (χ2n) is 6.30. The molecule has 0 aliphatic rings. The van der Waals surface area contributed by atoms with Gasteiger partial charge in [-0.3, -0.25) is 0 Å². The molecule has 2 aromatic carbocycles. The first kappa shape index (κ1) is 20.8. The van der Waals surface area contributed by atoms with Gasteiger partial charge in [-0.05, 0) is 62.2 Å². The summed E-state index contributed by atoms with van der Waals surface area (Å²) in [4.78, 5) is 3.27. The average molecular weight is 395 g/mol. The summed E-state index contributed by atoms with van der Waals surface area (Å²) in [5.74, 6) is 2.44. The highest BCUT2D eigenvalue weighted by atomic mass is 32.2. The van der Waals surface area contributed by atoms with Crippen molar-refractivity contribution < 1.29 is 13.2 Å². The van der Waals surface area contributed by atoms with Crippen molar-refractivity contribution in [2.75, 3.05) is 25.6 Å². The zero-order valence-corrected chi connectivity index (χ0v) is 17.1. The highest BCUT2D eigenvalue weighted by Gasteiger charge is 2.10. The smallest absolute Gasteiger partial charge is 0.209 e. The van der Waals surface area contributed by atoms with Crippen molar-refractivity contribution in [1.29, 1.82) is 0 Å². The van der Waals surface area contributed by atoms with Crippen LogP contribution in [-0.2, 0) is 23.0 Å². The summed E-state index contributed by atoms with van der Waals surface area (Å²) >= 11 is 1.78. The lowest BCUT2D eigenvalue weighted by atomic mass is 10.1. The Bertz CT molecular complexity index is 819. The van der Waals surface area contributed by atoms with Gasteiger partial charge in [0.05, 0.1) is 5.75 Å². The maximum Gasteiger partial charge on any atom is 0.209 e. The van der Waals surface area contributed by atoms with Crippen molar-refractivity contribution in [3.05, 3.63) is 53.6 Å². The predicted molar refractivity (Wildman–Crippen MR) is 108 cm³/mol. The molecule has 0 fully saturated rings. The molecule has 0 atom stereocenters. The van der Waals surface area contributed by atoms with E-state index in [1.807, 2.05) is 56.6 Å². The lowest BCUT2D eigenvalue weighted by Gasteiger charge is -2.16. The zero-order chi connectivity index (χ0) is 19.2. The number of nitrogens with two attached hydrogens (primary N) is 1. The van der Waals surface area contributed by atoms with Crippen molar-refractivity contribution in [3.63, 3.8) is 0 Å². The normalized spacial score (nSPS) is 11.7. The zero-order valence-electron chi connectivity index (χ0n) is 15.4. The van der Waals surface area contributed by atoms with Gasteiger partial charge in [-0.1, -0.05) is 19.1 Å². The van der Waals surface area contributed by atoms with Crippen LogP contribution < -0.4 is 9.88 Å². The van der Waals surface area contributed by atoms with E-state index in [-0.39, 0.29) is 5.75 Å². The van der Waals surface area contributed by atoms with Gasteiger partial charge in [-0.2, -0.15) is 0 Å². The Hall–Kier alpha value is -1.54. The number of rotatable bonds is 9. The van der Waals surface area contributed by atoms with E-state index in [1.165, 1.54) is 4.90 Å². The van der Waals surface area contributed by atoms with E-state index in [9.17, 15) is 8.42 Å². The molecule has 0 spiro atoms. The van der Waals surface area contributed by atoms with E-state index in [2.05, 4.69) is 11.8 Å². The number of sulfonamides is 1. The van der Waals surface area contributed by atoms with Crippen LogP contribution in [0.15, 0.2) is 47.4 Å². The van der Waals surface area contributed by atoms with E-state index < -0.39 is 10.0 Å². The van der Waals surface area contributed by atoms with E-state index in [0.717, 1.165) is 34.9 Å². The summed E-state index contributed by atoms with van der Waals surface area (Å²) in [5.41, 5.74) is 1.93. The van der Waals surface area contributed by atoms with E-state index in [0.29, 0.717) is 6.42 Å². The van der Waals surface area contributed by atoms with Crippen LogP contribution in [0, 0.1) is 0 Å². The molecule has 0 amide bonds. The first-order chi connectivity index (χ1) is 12.3. The maximum atomic E-state index is 11.2. The standard InChI is InChI=1S/C19H26N2O3S2/c1-4-25-18-9-7-17(8-10-18)24-19-13-15(11-12-26(20,22)23)5-6-16(19)14-21(2)3/h5-10,13H,4,11-12,14H2,1-3H3,(H2,20,22,23). The Balaban J connectivity index is 2.23. The minimum atomic E-state index is -3.48. The molecular weight excluding hydrogens is 368 g/mol. The van der Waals surface area contributed by atoms with Gasteiger partial charge < -0.3 is 9.64 Å². The van der Waals surface area contributed by atoms with Crippen molar-refractivity contribution >= 4 is 21.8 Å². The maximum absolute atomic E-state index is 11.2. The van der Waals surface area contributed by atoms with Crippen molar-refractivity contribution in [3.8, 4) is 11.5 Å². The van der Waals surface area contributed by atoms with Crippen LogP contribution in [0.5, 0.6) is 11.5 Å². The number of nitrogens with zero attached hydrogens (tertiary/aromatic N) is 1. The Morgan fingerprint density at radius 1 is 1.12 bits per heavy atom. The second-order valence-corrected chi connectivity index (χ2v) is 9.37. The summed E-state index contributed by atoms with van der Waals surface area (Å²) in [7, 11) is 0.506. The van der Waals surface area contributed by atoms with Crippen LogP contribution in [0.3, 0.4) is 0 Å². The van der Waals surface area contributed by atoms with Crippen LogP contribution in [0.4, 0.5) is 0 Å². The third-order valence-electron chi connectivity index (χ3n) is 3.66. The first-order valence-corrected chi connectivity index (χ1v) is 11.1. The van der Waals surface area contributed by atoms with E-state index in [1.54, 1.807) is 11.8 Å². The molecule has 0 radical (unpaired) electrons. The molecule has 0 heterocycles. The summed E-state index contributed by atoms with van der Waals surface area (Å²) < 4.78 is 28.5. The predicted octanol–water partition coefficient (Wildman–Crippen LogP) is 3.48. The Morgan fingerprint density at radius 3 is 2.38 bits per heavy atom. The number of hydrogen-bond donors (Lipinski definition) is 1.